The first-order valence-corrected chi connectivity index (χ1v) is 7.80. The molecule has 2 rings (SSSR count). The van der Waals surface area contributed by atoms with Gasteiger partial charge < -0.3 is 15.5 Å². The van der Waals surface area contributed by atoms with Crippen molar-refractivity contribution in [2.75, 3.05) is 27.2 Å². The smallest absolute Gasteiger partial charge is 0.241 e. The first kappa shape index (κ1) is 20.2. The molecule has 0 unspecified atom stereocenters. The summed E-state index contributed by atoms with van der Waals surface area (Å²) in [6.45, 7) is 3.54. The number of likely N-dealkylation sites (N-methyl/N-ethyl adjacent to an activating group) is 1. The SMILES string of the molecule is CCNC(=NCc1cccc2ccccc12)NCC(=O)N(C)C.I. The number of nitrogens with one attached hydrogen (secondary N) is 2. The minimum absolute atomic E-state index is 0. The van der Waals surface area contributed by atoms with Crippen molar-refractivity contribution in [1.29, 1.82) is 0 Å². The van der Waals surface area contributed by atoms with Crippen LogP contribution in [-0.2, 0) is 11.3 Å². The van der Waals surface area contributed by atoms with Gasteiger partial charge in [-0.15, -0.1) is 24.0 Å². The number of guanidine groups is 1. The minimum Gasteiger partial charge on any atom is -0.357 e. The average molecular weight is 440 g/mol. The molecule has 0 saturated carbocycles. The number of aliphatic imine (C=N–C) groups is 1. The molecule has 2 N–H and O–H groups in total. The van der Waals surface area contributed by atoms with Crippen molar-refractivity contribution in [2.45, 2.75) is 13.5 Å². The van der Waals surface area contributed by atoms with Gasteiger partial charge in [-0.1, -0.05) is 42.5 Å². The zero-order chi connectivity index (χ0) is 16.7. The van der Waals surface area contributed by atoms with Crippen LogP contribution in [0.2, 0.25) is 0 Å². The number of hydrogen-bond donors (Lipinski definition) is 2. The maximum atomic E-state index is 11.7. The second-order valence-electron chi connectivity index (χ2n) is 5.48. The van der Waals surface area contributed by atoms with Gasteiger partial charge in [-0.3, -0.25) is 4.79 Å². The molecule has 1 amide bonds. The number of nitrogens with zero attached hydrogens (tertiary/aromatic N) is 2. The van der Waals surface area contributed by atoms with E-state index in [9.17, 15) is 4.79 Å². The Hall–Kier alpha value is -1.83. The third-order valence-electron chi connectivity index (χ3n) is 3.54. The summed E-state index contributed by atoms with van der Waals surface area (Å²) in [6.07, 6.45) is 0. The van der Waals surface area contributed by atoms with Crippen molar-refractivity contribution in [3.8, 4) is 0 Å². The minimum atomic E-state index is 0. The van der Waals surface area contributed by atoms with Crippen LogP contribution in [0.25, 0.3) is 10.8 Å². The van der Waals surface area contributed by atoms with Gasteiger partial charge in [-0.2, -0.15) is 0 Å². The van der Waals surface area contributed by atoms with Gasteiger partial charge in [0.05, 0.1) is 13.1 Å². The molecule has 24 heavy (non-hydrogen) atoms. The maximum Gasteiger partial charge on any atom is 0.241 e. The molecule has 0 saturated heterocycles. The van der Waals surface area contributed by atoms with E-state index >= 15 is 0 Å². The predicted molar refractivity (Wildman–Crippen MR) is 111 cm³/mol. The topological polar surface area (TPSA) is 56.7 Å². The zero-order valence-electron chi connectivity index (χ0n) is 14.4. The van der Waals surface area contributed by atoms with E-state index < -0.39 is 0 Å². The quantitative estimate of drug-likeness (QED) is 0.427. The molecule has 130 valence electrons. The molecule has 2 aromatic rings. The van der Waals surface area contributed by atoms with Crippen LogP contribution < -0.4 is 10.6 Å². The molecular formula is C18H25IN4O. The molecule has 0 spiro atoms. The third-order valence-corrected chi connectivity index (χ3v) is 3.54. The number of fused-ring (bicyclic) bond motifs is 1. The highest BCUT2D eigenvalue weighted by atomic mass is 127. The van der Waals surface area contributed by atoms with Crippen LogP contribution in [0, 0.1) is 0 Å². The summed E-state index contributed by atoms with van der Waals surface area (Å²) in [5, 5.41) is 8.65. The fourth-order valence-electron chi connectivity index (χ4n) is 2.25. The van der Waals surface area contributed by atoms with Crippen LogP contribution in [-0.4, -0.2) is 44.0 Å². The lowest BCUT2D eigenvalue weighted by Gasteiger charge is -2.14. The molecule has 0 aliphatic carbocycles. The summed E-state index contributed by atoms with van der Waals surface area (Å²) >= 11 is 0. The number of hydrogen-bond acceptors (Lipinski definition) is 2. The Kier molecular flexibility index (Phi) is 8.53. The van der Waals surface area contributed by atoms with Gasteiger partial charge >= 0.3 is 0 Å². The number of rotatable bonds is 5. The van der Waals surface area contributed by atoms with Gasteiger partial charge in [0, 0.05) is 20.6 Å². The Morgan fingerprint density at radius 1 is 1.08 bits per heavy atom. The third kappa shape index (κ3) is 5.67. The fraction of sp³-hybridized carbons (Fsp3) is 0.333. The van der Waals surface area contributed by atoms with Crippen LogP contribution in [0.1, 0.15) is 12.5 Å². The number of benzene rings is 2. The van der Waals surface area contributed by atoms with E-state index in [1.54, 1.807) is 19.0 Å². The van der Waals surface area contributed by atoms with E-state index in [1.165, 1.54) is 16.3 Å². The Labute approximate surface area is 160 Å². The highest BCUT2D eigenvalue weighted by Gasteiger charge is 2.05. The molecule has 0 radical (unpaired) electrons. The van der Waals surface area contributed by atoms with Gasteiger partial charge in [0.25, 0.3) is 0 Å². The van der Waals surface area contributed by atoms with E-state index in [2.05, 4.69) is 39.9 Å². The van der Waals surface area contributed by atoms with Crippen LogP contribution in [0.3, 0.4) is 0 Å². The van der Waals surface area contributed by atoms with Gasteiger partial charge in [-0.05, 0) is 23.3 Å². The Morgan fingerprint density at radius 3 is 2.50 bits per heavy atom. The highest BCUT2D eigenvalue weighted by molar-refractivity contribution is 14.0. The van der Waals surface area contributed by atoms with Crippen LogP contribution in [0.5, 0.6) is 0 Å². The fourth-order valence-corrected chi connectivity index (χ4v) is 2.25. The highest BCUT2D eigenvalue weighted by Crippen LogP contribution is 2.18. The van der Waals surface area contributed by atoms with Gasteiger partial charge in [0.15, 0.2) is 5.96 Å². The van der Waals surface area contributed by atoms with Gasteiger partial charge in [0.1, 0.15) is 0 Å². The number of carbonyl (C=O) groups is 1. The number of carbonyl (C=O) groups excluding carboxylic acids is 1. The molecule has 0 atom stereocenters. The summed E-state index contributed by atoms with van der Waals surface area (Å²) in [5.41, 5.74) is 1.17. The van der Waals surface area contributed by atoms with Crippen molar-refractivity contribution in [1.82, 2.24) is 15.5 Å². The predicted octanol–water partition coefficient (Wildman–Crippen LogP) is 2.60. The maximum absolute atomic E-state index is 11.7. The van der Waals surface area contributed by atoms with Crippen molar-refractivity contribution >= 4 is 46.6 Å². The zero-order valence-corrected chi connectivity index (χ0v) is 16.7. The first-order valence-electron chi connectivity index (χ1n) is 7.80. The molecule has 0 aromatic heterocycles. The van der Waals surface area contributed by atoms with E-state index in [0.29, 0.717) is 12.5 Å². The molecule has 0 heterocycles. The summed E-state index contributed by atoms with van der Waals surface area (Å²) in [4.78, 5) is 17.8. The summed E-state index contributed by atoms with van der Waals surface area (Å²) < 4.78 is 0. The molecule has 0 bridgehead atoms. The lowest BCUT2D eigenvalue weighted by Crippen LogP contribution is -2.42. The molecule has 6 heteroatoms. The van der Waals surface area contributed by atoms with E-state index in [-0.39, 0.29) is 36.4 Å². The monoisotopic (exact) mass is 440 g/mol. The second kappa shape index (κ2) is 10.1. The van der Waals surface area contributed by atoms with Gasteiger partial charge in [-0.25, -0.2) is 4.99 Å². The molecular weight excluding hydrogens is 415 g/mol. The molecule has 0 aliphatic rings. The van der Waals surface area contributed by atoms with Crippen molar-refractivity contribution in [3.05, 3.63) is 48.0 Å². The van der Waals surface area contributed by atoms with Crippen molar-refractivity contribution in [3.63, 3.8) is 0 Å². The lowest BCUT2D eigenvalue weighted by molar-refractivity contribution is -0.127. The Morgan fingerprint density at radius 2 is 1.79 bits per heavy atom. The van der Waals surface area contributed by atoms with Crippen LogP contribution in [0.4, 0.5) is 0 Å². The van der Waals surface area contributed by atoms with E-state index in [4.69, 9.17) is 0 Å². The number of amides is 1. The average Bonchev–Trinajstić information content (AvgIpc) is 2.56. The Balaban J connectivity index is 0.00000288. The lowest BCUT2D eigenvalue weighted by atomic mass is 10.1. The van der Waals surface area contributed by atoms with E-state index in [0.717, 1.165) is 6.54 Å². The van der Waals surface area contributed by atoms with Crippen LogP contribution in [0.15, 0.2) is 47.5 Å². The summed E-state index contributed by atoms with van der Waals surface area (Å²) in [5.74, 6) is 0.663. The van der Waals surface area contributed by atoms with E-state index in [1.807, 2.05) is 25.1 Å². The standard InChI is InChI=1S/C18H24N4O.HI/c1-4-19-18(21-13-17(23)22(2)3)20-12-15-10-7-9-14-8-5-6-11-16(14)15;/h5-11H,4,12-13H2,1-3H3,(H2,19,20,21);1H. The largest absolute Gasteiger partial charge is 0.357 e. The molecule has 0 fully saturated rings. The molecule has 0 aliphatic heterocycles. The summed E-state index contributed by atoms with van der Waals surface area (Å²) in [6, 6.07) is 14.5. The normalized spacial score (nSPS) is 10.9. The van der Waals surface area contributed by atoms with Crippen LogP contribution >= 0.6 is 24.0 Å². The first-order chi connectivity index (χ1) is 11.1. The van der Waals surface area contributed by atoms with Crippen molar-refractivity contribution < 1.29 is 4.79 Å². The van der Waals surface area contributed by atoms with Gasteiger partial charge in [0.2, 0.25) is 5.91 Å². The number of halogens is 1. The summed E-state index contributed by atoms with van der Waals surface area (Å²) in [7, 11) is 3.48. The second-order valence-corrected chi connectivity index (χ2v) is 5.48. The molecule has 5 nitrogen and oxygen atoms in total. The molecule has 2 aromatic carbocycles. The van der Waals surface area contributed by atoms with Crippen molar-refractivity contribution in [2.24, 2.45) is 4.99 Å². The Bertz CT molecular complexity index is 695.